The third-order valence-corrected chi connectivity index (χ3v) is 3.62. The summed E-state index contributed by atoms with van der Waals surface area (Å²) in [6.45, 7) is 0. The van der Waals surface area contributed by atoms with E-state index in [0.717, 1.165) is 18.1 Å². The van der Waals surface area contributed by atoms with Gasteiger partial charge in [0.05, 0.1) is 9.72 Å². The van der Waals surface area contributed by atoms with Crippen molar-refractivity contribution in [2.75, 3.05) is 6.26 Å². The van der Waals surface area contributed by atoms with Gasteiger partial charge in [0.2, 0.25) is 0 Å². The molecule has 0 radical (unpaired) electrons. The summed E-state index contributed by atoms with van der Waals surface area (Å²) in [6.07, 6.45) is 1.89. The molecule has 0 saturated carbocycles. The molecule has 14 heavy (non-hydrogen) atoms. The van der Waals surface area contributed by atoms with Gasteiger partial charge in [-0.3, -0.25) is 0 Å². The molecule has 0 heterocycles. The minimum Gasteiger partial charge on any atom is -0.302 e. The molecule has 1 atom stereocenters. The first-order valence-electron chi connectivity index (χ1n) is 3.84. The first-order chi connectivity index (χ1) is 6.45. The van der Waals surface area contributed by atoms with Gasteiger partial charge in [-0.1, -0.05) is 28.1 Å². The predicted molar refractivity (Wildman–Crippen MR) is 57.3 cm³/mol. The first kappa shape index (κ1) is 11.4. The van der Waals surface area contributed by atoms with Crippen molar-refractivity contribution < 1.29 is 13.2 Å². The van der Waals surface area contributed by atoms with Crippen molar-refractivity contribution in [1.29, 1.82) is 0 Å². The topological polar surface area (TPSA) is 51.2 Å². The van der Waals surface area contributed by atoms with Crippen LogP contribution in [0.3, 0.4) is 0 Å². The SMILES string of the molecule is CS(=O)(=O)c1ccc([C@H](Br)C=O)cc1. The Morgan fingerprint density at radius 1 is 1.29 bits per heavy atom. The highest BCUT2D eigenvalue weighted by Gasteiger charge is 2.09. The van der Waals surface area contributed by atoms with Crippen LogP contribution >= 0.6 is 15.9 Å². The molecule has 76 valence electrons. The van der Waals surface area contributed by atoms with Gasteiger partial charge in [0.25, 0.3) is 0 Å². The van der Waals surface area contributed by atoms with Crippen LogP contribution in [0.15, 0.2) is 29.2 Å². The fraction of sp³-hybridized carbons (Fsp3) is 0.222. The minimum atomic E-state index is -3.16. The van der Waals surface area contributed by atoms with Gasteiger partial charge in [-0.25, -0.2) is 8.42 Å². The second-order valence-electron chi connectivity index (χ2n) is 2.88. The van der Waals surface area contributed by atoms with Crippen LogP contribution < -0.4 is 0 Å². The molecule has 0 unspecified atom stereocenters. The number of carbonyl (C=O) groups excluding carboxylic acids is 1. The standard InChI is InChI=1S/C9H9BrO3S/c1-14(12,13)8-4-2-7(3-5-8)9(10)6-11/h2-6,9H,1H3/t9-/m1/s1. The molecule has 3 nitrogen and oxygen atoms in total. The Labute approximate surface area is 91.2 Å². The van der Waals surface area contributed by atoms with Gasteiger partial charge in [0, 0.05) is 6.26 Å². The van der Waals surface area contributed by atoms with Crippen molar-refractivity contribution in [3.8, 4) is 0 Å². The van der Waals surface area contributed by atoms with Crippen LogP contribution in [0.25, 0.3) is 0 Å². The second kappa shape index (κ2) is 4.23. The lowest BCUT2D eigenvalue weighted by Gasteiger charge is -2.03. The third-order valence-electron chi connectivity index (χ3n) is 1.75. The number of alkyl halides is 1. The van der Waals surface area contributed by atoms with E-state index in [0.29, 0.717) is 0 Å². The molecule has 0 amide bonds. The molecule has 0 N–H and O–H groups in total. The lowest BCUT2D eigenvalue weighted by atomic mass is 10.2. The Bertz CT molecular complexity index is 422. The fourth-order valence-corrected chi connectivity index (χ4v) is 1.91. The van der Waals surface area contributed by atoms with E-state index in [1.54, 1.807) is 12.1 Å². The number of aldehydes is 1. The van der Waals surface area contributed by atoms with Crippen LogP contribution in [-0.2, 0) is 14.6 Å². The van der Waals surface area contributed by atoms with Crippen molar-refractivity contribution in [3.05, 3.63) is 29.8 Å². The summed E-state index contributed by atoms with van der Waals surface area (Å²) in [5, 5.41) is 0. The molecule has 1 aromatic rings. The van der Waals surface area contributed by atoms with E-state index in [2.05, 4.69) is 15.9 Å². The highest BCUT2D eigenvalue weighted by Crippen LogP contribution is 2.21. The van der Waals surface area contributed by atoms with Crippen molar-refractivity contribution in [2.24, 2.45) is 0 Å². The second-order valence-corrected chi connectivity index (χ2v) is 5.88. The van der Waals surface area contributed by atoms with E-state index in [-0.39, 0.29) is 9.72 Å². The molecule has 0 aliphatic carbocycles. The highest BCUT2D eigenvalue weighted by molar-refractivity contribution is 9.09. The normalized spacial score (nSPS) is 13.6. The summed E-state index contributed by atoms with van der Waals surface area (Å²) >= 11 is 3.14. The van der Waals surface area contributed by atoms with Gasteiger partial charge < -0.3 is 4.79 Å². The first-order valence-corrected chi connectivity index (χ1v) is 6.65. The van der Waals surface area contributed by atoms with Gasteiger partial charge in [-0.15, -0.1) is 0 Å². The molecule has 0 aliphatic heterocycles. The van der Waals surface area contributed by atoms with Crippen LogP contribution in [0.2, 0.25) is 0 Å². The molecule has 0 spiro atoms. The minimum absolute atomic E-state index is 0.256. The van der Waals surface area contributed by atoms with Crippen LogP contribution in [-0.4, -0.2) is 21.0 Å². The molecule has 0 bridgehead atoms. The van der Waals surface area contributed by atoms with Gasteiger partial charge in [-0.05, 0) is 17.7 Å². The quantitative estimate of drug-likeness (QED) is 0.624. The van der Waals surface area contributed by atoms with E-state index in [4.69, 9.17) is 0 Å². The summed E-state index contributed by atoms with van der Waals surface area (Å²) in [5.74, 6) is 0. The molecule has 0 aliphatic rings. The van der Waals surface area contributed by atoms with E-state index in [1.165, 1.54) is 12.1 Å². The van der Waals surface area contributed by atoms with E-state index in [1.807, 2.05) is 0 Å². The van der Waals surface area contributed by atoms with Crippen molar-refractivity contribution >= 4 is 32.1 Å². The van der Waals surface area contributed by atoms with Gasteiger partial charge >= 0.3 is 0 Å². The molecular weight excluding hydrogens is 268 g/mol. The zero-order chi connectivity index (χ0) is 10.8. The Morgan fingerprint density at radius 2 is 1.79 bits per heavy atom. The average Bonchev–Trinajstić information content (AvgIpc) is 2.15. The number of halogens is 1. The molecule has 0 saturated heterocycles. The van der Waals surface area contributed by atoms with Crippen LogP contribution in [0.5, 0.6) is 0 Å². The van der Waals surface area contributed by atoms with Gasteiger partial charge in [0.15, 0.2) is 9.84 Å². The highest BCUT2D eigenvalue weighted by atomic mass is 79.9. The third kappa shape index (κ3) is 2.65. The number of benzene rings is 1. The molecule has 1 aromatic carbocycles. The maximum Gasteiger partial charge on any atom is 0.175 e. The predicted octanol–water partition coefficient (Wildman–Crippen LogP) is 1.73. The van der Waals surface area contributed by atoms with E-state index >= 15 is 0 Å². The fourth-order valence-electron chi connectivity index (χ4n) is 0.977. The van der Waals surface area contributed by atoms with Crippen LogP contribution in [0.1, 0.15) is 10.4 Å². The molecule has 1 rings (SSSR count). The van der Waals surface area contributed by atoms with Gasteiger partial charge in [0.1, 0.15) is 6.29 Å². The zero-order valence-electron chi connectivity index (χ0n) is 7.48. The Balaban J connectivity index is 3.07. The average molecular weight is 277 g/mol. The lowest BCUT2D eigenvalue weighted by molar-refractivity contribution is -0.107. The number of rotatable bonds is 3. The monoisotopic (exact) mass is 276 g/mol. The molecular formula is C9H9BrO3S. The summed E-state index contributed by atoms with van der Waals surface area (Å²) in [6, 6.07) is 6.21. The molecule has 0 aromatic heterocycles. The number of sulfone groups is 1. The Hall–Kier alpha value is -0.680. The number of hydrogen-bond acceptors (Lipinski definition) is 3. The smallest absolute Gasteiger partial charge is 0.175 e. The Kier molecular flexibility index (Phi) is 3.44. The van der Waals surface area contributed by atoms with Crippen LogP contribution in [0, 0.1) is 0 Å². The number of hydrogen-bond donors (Lipinski definition) is 0. The Morgan fingerprint density at radius 3 is 2.14 bits per heavy atom. The van der Waals surface area contributed by atoms with E-state index in [9.17, 15) is 13.2 Å². The summed E-state index contributed by atoms with van der Waals surface area (Å²) in [7, 11) is -3.16. The van der Waals surface area contributed by atoms with Crippen molar-refractivity contribution in [3.63, 3.8) is 0 Å². The maximum absolute atomic E-state index is 11.1. The summed E-state index contributed by atoms with van der Waals surface area (Å²) in [5.41, 5.74) is 0.743. The largest absolute Gasteiger partial charge is 0.302 e. The summed E-state index contributed by atoms with van der Waals surface area (Å²) < 4.78 is 22.2. The van der Waals surface area contributed by atoms with Crippen molar-refractivity contribution in [1.82, 2.24) is 0 Å². The molecule has 5 heteroatoms. The van der Waals surface area contributed by atoms with Crippen LogP contribution in [0.4, 0.5) is 0 Å². The summed E-state index contributed by atoms with van der Waals surface area (Å²) in [4.78, 5) is 10.3. The number of carbonyl (C=O) groups is 1. The maximum atomic E-state index is 11.1. The van der Waals surface area contributed by atoms with Crippen molar-refractivity contribution in [2.45, 2.75) is 9.72 Å². The van der Waals surface area contributed by atoms with E-state index < -0.39 is 9.84 Å². The lowest BCUT2D eigenvalue weighted by Crippen LogP contribution is -1.98. The zero-order valence-corrected chi connectivity index (χ0v) is 9.88. The van der Waals surface area contributed by atoms with Gasteiger partial charge in [-0.2, -0.15) is 0 Å². The molecule has 0 fully saturated rings.